The van der Waals surface area contributed by atoms with Crippen molar-refractivity contribution in [3.8, 4) is 0 Å². The molecule has 43 valence electrons. The van der Waals surface area contributed by atoms with Gasteiger partial charge >= 0.3 is 0 Å². The van der Waals surface area contributed by atoms with Crippen molar-refractivity contribution in [1.82, 2.24) is 0 Å². The molecule has 1 radical (unpaired) electrons. The fraction of sp³-hybridized carbons (Fsp3) is 0.833. The Morgan fingerprint density at radius 3 is 1.43 bits per heavy atom. The van der Waals surface area contributed by atoms with Crippen molar-refractivity contribution in [2.45, 2.75) is 27.2 Å². The van der Waals surface area contributed by atoms with Gasteiger partial charge in [0.15, 0.2) is 17.4 Å². The van der Waals surface area contributed by atoms with Crippen molar-refractivity contribution in [1.29, 1.82) is 0 Å². The minimum Gasteiger partial charge on any atom is -0.0602 e. The molecule has 0 unspecified atom stereocenters. The van der Waals surface area contributed by atoms with Crippen molar-refractivity contribution >= 4 is 17.4 Å². The van der Waals surface area contributed by atoms with Crippen LogP contribution in [0.15, 0.2) is 0 Å². The standard InChI is InChI=1S/C6H13.Al.3H/c1-5-6(2,3)4;;;;/h1,5H2,2-4H3;;;;. The van der Waals surface area contributed by atoms with Crippen LogP contribution in [-0.2, 0) is 0 Å². The SMILES string of the molecule is [AlH3].[CH2]CC(C)(C)C. The van der Waals surface area contributed by atoms with Crippen molar-refractivity contribution < 1.29 is 0 Å². The van der Waals surface area contributed by atoms with Gasteiger partial charge in [0.2, 0.25) is 0 Å². The first-order chi connectivity index (χ1) is 2.56. The molecule has 0 saturated carbocycles. The highest BCUT2D eigenvalue weighted by molar-refractivity contribution is 5.75. The van der Waals surface area contributed by atoms with Crippen LogP contribution >= 0.6 is 0 Å². The fourth-order valence-corrected chi connectivity index (χ4v) is 0. The lowest BCUT2D eigenvalue weighted by Gasteiger charge is -2.12. The molecular weight excluding hydrogens is 99.0 g/mol. The molecule has 0 bridgehead atoms. The molecule has 0 aliphatic heterocycles. The van der Waals surface area contributed by atoms with Gasteiger partial charge in [0.05, 0.1) is 0 Å². The molecule has 0 heterocycles. The number of hydrogen-bond donors (Lipinski definition) is 0. The van der Waals surface area contributed by atoms with Crippen LogP contribution < -0.4 is 0 Å². The summed E-state index contributed by atoms with van der Waals surface area (Å²) in [6, 6.07) is 0. The second kappa shape index (κ2) is 3.52. The van der Waals surface area contributed by atoms with E-state index < -0.39 is 0 Å². The molecule has 0 aliphatic rings. The van der Waals surface area contributed by atoms with Crippen molar-refractivity contribution in [3.63, 3.8) is 0 Å². The lowest BCUT2D eigenvalue weighted by molar-refractivity contribution is 0.419. The van der Waals surface area contributed by atoms with Crippen molar-refractivity contribution in [2.75, 3.05) is 0 Å². The number of rotatable bonds is 0. The minimum atomic E-state index is 0. The van der Waals surface area contributed by atoms with Crippen LogP contribution in [0.3, 0.4) is 0 Å². The monoisotopic (exact) mass is 115 g/mol. The van der Waals surface area contributed by atoms with E-state index in [0.29, 0.717) is 5.41 Å². The smallest absolute Gasteiger partial charge is 0.0602 e. The van der Waals surface area contributed by atoms with Crippen LogP contribution in [0, 0.1) is 12.3 Å². The third-order valence-corrected chi connectivity index (χ3v) is 0.750. The van der Waals surface area contributed by atoms with E-state index >= 15 is 0 Å². The summed E-state index contributed by atoms with van der Waals surface area (Å²) < 4.78 is 0. The fourth-order valence-electron chi connectivity index (χ4n) is 0. The Kier molecular flexibility index (Phi) is 5.29. The highest BCUT2D eigenvalue weighted by Gasteiger charge is 2.03. The Labute approximate surface area is 57.4 Å². The summed E-state index contributed by atoms with van der Waals surface area (Å²) in [6.45, 7) is 10.3. The zero-order valence-corrected chi connectivity index (χ0v) is 4.91. The third kappa shape index (κ3) is 10.8. The highest BCUT2D eigenvalue weighted by atomic mass is 27.0. The summed E-state index contributed by atoms with van der Waals surface area (Å²) in [5.41, 5.74) is 0.431. The maximum absolute atomic E-state index is 3.76. The van der Waals surface area contributed by atoms with Gasteiger partial charge in [0.1, 0.15) is 0 Å². The summed E-state index contributed by atoms with van der Waals surface area (Å²) in [7, 11) is 0. The first-order valence-corrected chi connectivity index (χ1v) is 2.35. The van der Waals surface area contributed by atoms with E-state index in [9.17, 15) is 0 Å². The van der Waals surface area contributed by atoms with E-state index in [1.165, 1.54) is 0 Å². The molecule has 0 saturated heterocycles. The summed E-state index contributed by atoms with van der Waals surface area (Å²) in [4.78, 5) is 0. The third-order valence-electron chi connectivity index (χ3n) is 0.750. The Morgan fingerprint density at radius 2 is 1.43 bits per heavy atom. The molecule has 0 aromatic carbocycles. The second-order valence-electron chi connectivity index (χ2n) is 2.81. The predicted molar refractivity (Wildman–Crippen MR) is 39.4 cm³/mol. The van der Waals surface area contributed by atoms with Gasteiger partial charge in [-0.2, -0.15) is 0 Å². The zero-order valence-electron chi connectivity index (χ0n) is 4.91. The molecule has 1 heteroatoms. The summed E-state index contributed by atoms with van der Waals surface area (Å²) >= 11 is 0. The average Bonchev–Trinajstić information content (AvgIpc) is 1.35. The quantitative estimate of drug-likeness (QED) is 0.414. The van der Waals surface area contributed by atoms with Gasteiger partial charge in [-0.15, -0.1) is 0 Å². The van der Waals surface area contributed by atoms with Gasteiger partial charge in [-0.3, -0.25) is 0 Å². The van der Waals surface area contributed by atoms with E-state index in [1.54, 1.807) is 0 Å². The average molecular weight is 115 g/mol. The maximum atomic E-state index is 3.76. The van der Waals surface area contributed by atoms with Gasteiger partial charge in [0, 0.05) is 0 Å². The van der Waals surface area contributed by atoms with E-state index in [0.717, 1.165) is 6.42 Å². The molecule has 0 spiro atoms. The molecule has 0 atom stereocenters. The summed E-state index contributed by atoms with van der Waals surface area (Å²) in [5.74, 6) is 0. The molecule has 0 amide bonds. The zero-order chi connectivity index (χ0) is 5.21. The van der Waals surface area contributed by atoms with Gasteiger partial charge in [-0.05, 0) is 11.8 Å². The minimum absolute atomic E-state index is 0. The van der Waals surface area contributed by atoms with E-state index in [2.05, 4.69) is 27.7 Å². The molecule has 0 aromatic rings. The second-order valence-corrected chi connectivity index (χ2v) is 2.81. The highest BCUT2D eigenvalue weighted by Crippen LogP contribution is 2.15. The van der Waals surface area contributed by atoms with Crippen LogP contribution in [0.4, 0.5) is 0 Å². The molecule has 7 heavy (non-hydrogen) atoms. The number of hydrogen-bond acceptors (Lipinski definition) is 0. The van der Waals surface area contributed by atoms with E-state index in [4.69, 9.17) is 0 Å². The lowest BCUT2D eigenvalue weighted by atomic mass is 9.94. The molecule has 0 N–H and O–H groups in total. The van der Waals surface area contributed by atoms with Gasteiger partial charge < -0.3 is 0 Å². The van der Waals surface area contributed by atoms with E-state index in [1.807, 2.05) is 0 Å². The van der Waals surface area contributed by atoms with Crippen LogP contribution in [-0.4, -0.2) is 17.4 Å². The first-order valence-electron chi connectivity index (χ1n) is 2.35. The van der Waals surface area contributed by atoms with Crippen LogP contribution in [0.1, 0.15) is 27.2 Å². The van der Waals surface area contributed by atoms with Gasteiger partial charge in [0.25, 0.3) is 0 Å². The Balaban J connectivity index is 0. The molecule has 0 aromatic heterocycles. The summed E-state index contributed by atoms with van der Waals surface area (Å²) in [5, 5.41) is 0. The molecular formula is C6H16Al. The van der Waals surface area contributed by atoms with Gasteiger partial charge in [-0.1, -0.05) is 27.7 Å². The van der Waals surface area contributed by atoms with Gasteiger partial charge in [-0.25, -0.2) is 0 Å². The largest absolute Gasteiger partial charge is 0.187 e. The van der Waals surface area contributed by atoms with Crippen molar-refractivity contribution in [3.05, 3.63) is 6.92 Å². The topological polar surface area (TPSA) is 0 Å². The Morgan fingerprint density at radius 1 is 1.29 bits per heavy atom. The Hall–Kier alpha value is 0.532. The Bertz CT molecular complexity index is 33.9. The molecule has 0 rings (SSSR count). The summed E-state index contributed by atoms with van der Waals surface area (Å²) in [6.07, 6.45) is 1.02. The van der Waals surface area contributed by atoms with E-state index in [-0.39, 0.29) is 17.4 Å². The van der Waals surface area contributed by atoms with Crippen molar-refractivity contribution in [2.24, 2.45) is 5.41 Å². The molecule has 0 fully saturated rings. The molecule has 0 aliphatic carbocycles. The van der Waals surface area contributed by atoms with Crippen LogP contribution in [0.5, 0.6) is 0 Å². The normalized spacial score (nSPS) is 10.3. The predicted octanol–water partition coefficient (Wildman–Crippen LogP) is 1.07. The molecule has 0 nitrogen and oxygen atoms in total. The lowest BCUT2D eigenvalue weighted by Crippen LogP contribution is -2.00. The maximum Gasteiger partial charge on any atom is 0.187 e. The first kappa shape index (κ1) is 10.5. The van der Waals surface area contributed by atoms with Crippen LogP contribution in [0.2, 0.25) is 0 Å². The van der Waals surface area contributed by atoms with Crippen LogP contribution in [0.25, 0.3) is 0 Å².